The number of hydrogen-bond donors (Lipinski definition) is 1. The molecule has 2 aromatic carbocycles. The summed E-state index contributed by atoms with van der Waals surface area (Å²) in [6, 6.07) is 20.8. The van der Waals surface area contributed by atoms with E-state index in [4.69, 9.17) is 14.6 Å². The molecule has 2 aliphatic heterocycles. The van der Waals surface area contributed by atoms with E-state index in [1.54, 1.807) is 19.2 Å². The number of ether oxygens (including phenoxy) is 2. The first-order chi connectivity index (χ1) is 20.2. The van der Waals surface area contributed by atoms with E-state index in [-0.39, 0.29) is 23.7 Å². The topological polar surface area (TPSA) is 95.4 Å². The minimum absolute atomic E-state index is 0.0192. The average Bonchev–Trinajstić information content (AvgIpc) is 3.33. The summed E-state index contributed by atoms with van der Waals surface area (Å²) in [7, 11) is 1.68. The van der Waals surface area contributed by atoms with Gasteiger partial charge in [-0.3, -0.25) is 4.90 Å². The van der Waals surface area contributed by atoms with Gasteiger partial charge in [0.25, 0.3) is 0 Å². The maximum Gasteiger partial charge on any atom is 0.335 e. The Kier molecular flexibility index (Phi) is 8.80. The fourth-order valence-corrected chi connectivity index (χ4v) is 6.07. The van der Waals surface area contributed by atoms with E-state index in [9.17, 15) is 9.59 Å². The zero-order valence-corrected chi connectivity index (χ0v) is 24.8. The third-order valence-electron chi connectivity index (χ3n) is 8.39. The van der Waals surface area contributed by atoms with Gasteiger partial charge in [0.2, 0.25) is 5.88 Å². The molecule has 2 amide bonds. The van der Waals surface area contributed by atoms with Crippen molar-refractivity contribution in [1.82, 2.24) is 19.7 Å². The highest BCUT2D eigenvalue weighted by atomic mass is 16.5. The van der Waals surface area contributed by atoms with Crippen LogP contribution in [0.25, 0.3) is 0 Å². The second-order valence-corrected chi connectivity index (χ2v) is 11.8. The van der Waals surface area contributed by atoms with Gasteiger partial charge >= 0.3 is 12.0 Å². The number of carbonyl (C=O) groups excluding carboxylic acids is 1. The van der Waals surface area contributed by atoms with E-state index in [2.05, 4.69) is 40.8 Å². The van der Waals surface area contributed by atoms with Crippen molar-refractivity contribution in [3.63, 3.8) is 0 Å². The molecule has 0 unspecified atom stereocenters. The standard InChI is InChI=1S/C33H40N4O5/c1-23-26(12-15-30(34-23)42-28-13-10-25(11-14-28)31(38)39)20-35-18-16-27(17-19-35)37-29(24-8-6-5-7-9-24)21-36(32(37)40)33(2,3)22-41-4/h5-15,27,29H,16-22H2,1-4H3,(H,38,39)/t29-/m0/s1. The molecule has 9 nitrogen and oxygen atoms in total. The van der Waals surface area contributed by atoms with Crippen molar-refractivity contribution in [2.24, 2.45) is 0 Å². The van der Waals surface area contributed by atoms with Crippen LogP contribution >= 0.6 is 0 Å². The molecule has 1 atom stereocenters. The molecule has 0 spiro atoms. The van der Waals surface area contributed by atoms with Gasteiger partial charge in [-0.25, -0.2) is 14.6 Å². The van der Waals surface area contributed by atoms with E-state index < -0.39 is 11.5 Å². The van der Waals surface area contributed by atoms with Crippen molar-refractivity contribution in [1.29, 1.82) is 0 Å². The molecule has 0 radical (unpaired) electrons. The third-order valence-corrected chi connectivity index (χ3v) is 8.39. The van der Waals surface area contributed by atoms with Crippen LogP contribution in [0.15, 0.2) is 66.7 Å². The molecule has 0 saturated carbocycles. The Morgan fingerprint density at radius 1 is 1.02 bits per heavy atom. The average molecular weight is 573 g/mol. The van der Waals surface area contributed by atoms with Gasteiger partial charge in [-0.2, -0.15) is 0 Å². The number of nitrogens with zero attached hydrogens (tertiary/aromatic N) is 4. The van der Waals surface area contributed by atoms with Crippen molar-refractivity contribution in [2.45, 2.75) is 57.8 Å². The van der Waals surface area contributed by atoms with Crippen LogP contribution in [0.4, 0.5) is 4.79 Å². The number of carboxylic acids is 1. The molecule has 222 valence electrons. The molecule has 1 N–H and O–H groups in total. The molecule has 9 heteroatoms. The fraction of sp³-hybridized carbons (Fsp3) is 0.424. The Hall–Kier alpha value is -3.95. The number of carboxylic acid groups (broad SMARTS) is 1. The van der Waals surface area contributed by atoms with Crippen molar-refractivity contribution in [3.05, 3.63) is 89.1 Å². The number of amides is 2. The highest BCUT2D eigenvalue weighted by molar-refractivity contribution is 5.87. The Bertz CT molecular complexity index is 1390. The molecule has 0 bridgehead atoms. The van der Waals surface area contributed by atoms with Crippen LogP contribution < -0.4 is 4.74 Å². The second kappa shape index (κ2) is 12.5. The number of methoxy groups -OCH3 is 1. The molecule has 1 aromatic heterocycles. The van der Waals surface area contributed by atoms with Crippen LogP contribution in [0.3, 0.4) is 0 Å². The maximum absolute atomic E-state index is 13.9. The van der Waals surface area contributed by atoms with Crippen molar-refractivity contribution < 1.29 is 24.2 Å². The summed E-state index contributed by atoms with van der Waals surface area (Å²) in [4.78, 5) is 36.1. The van der Waals surface area contributed by atoms with Gasteiger partial charge < -0.3 is 24.4 Å². The number of rotatable bonds is 10. The van der Waals surface area contributed by atoms with Crippen LogP contribution in [-0.2, 0) is 11.3 Å². The van der Waals surface area contributed by atoms with Crippen LogP contribution in [0.5, 0.6) is 11.6 Å². The Morgan fingerprint density at radius 2 is 1.71 bits per heavy atom. The van der Waals surface area contributed by atoms with E-state index in [0.29, 0.717) is 24.8 Å². The summed E-state index contributed by atoms with van der Waals surface area (Å²) in [5, 5.41) is 9.08. The lowest BCUT2D eigenvalue weighted by Crippen LogP contribution is -2.52. The number of aromatic carboxylic acids is 1. The van der Waals surface area contributed by atoms with Crippen LogP contribution in [0.1, 0.15) is 59.9 Å². The largest absolute Gasteiger partial charge is 0.478 e. The Balaban J connectivity index is 1.22. The lowest BCUT2D eigenvalue weighted by Gasteiger charge is -2.40. The summed E-state index contributed by atoms with van der Waals surface area (Å²) in [6.45, 7) is 9.84. The first-order valence-electron chi connectivity index (χ1n) is 14.5. The molecule has 3 heterocycles. The number of pyridine rings is 1. The molecule has 0 aliphatic carbocycles. The number of benzene rings is 2. The van der Waals surface area contributed by atoms with Gasteiger partial charge in [0.05, 0.1) is 23.8 Å². The zero-order chi connectivity index (χ0) is 29.9. The number of aromatic nitrogens is 1. The van der Waals surface area contributed by atoms with E-state index in [1.807, 2.05) is 42.2 Å². The fourth-order valence-electron chi connectivity index (χ4n) is 6.07. The number of carbonyl (C=O) groups is 2. The summed E-state index contributed by atoms with van der Waals surface area (Å²) in [5.74, 6) is 0.0367. The monoisotopic (exact) mass is 572 g/mol. The lowest BCUT2D eigenvalue weighted by molar-refractivity contribution is 0.0609. The number of piperidine rings is 1. The SMILES string of the molecule is COCC(C)(C)N1C[C@@H](c2ccccc2)N(C2CCN(Cc3ccc(Oc4ccc(C(=O)O)cc4)nc3C)CC2)C1=O. The third kappa shape index (κ3) is 6.42. The van der Waals surface area contributed by atoms with Gasteiger partial charge in [-0.1, -0.05) is 36.4 Å². The second-order valence-electron chi connectivity index (χ2n) is 11.8. The van der Waals surface area contributed by atoms with Crippen LogP contribution in [-0.4, -0.2) is 81.7 Å². The molecular formula is C33H40N4O5. The normalized spacial score (nSPS) is 18.5. The van der Waals surface area contributed by atoms with Crippen LogP contribution in [0.2, 0.25) is 0 Å². The number of aryl methyl sites for hydroxylation is 1. The van der Waals surface area contributed by atoms with E-state index in [1.165, 1.54) is 17.7 Å². The highest BCUT2D eigenvalue weighted by Gasteiger charge is 2.47. The molecule has 42 heavy (non-hydrogen) atoms. The quantitative estimate of drug-likeness (QED) is 0.331. The smallest absolute Gasteiger partial charge is 0.335 e. The minimum atomic E-state index is -0.972. The maximum atomic E-state index is 13.9. The predicted octanol–water partition coefficient (Wildman–Crippen LogP) is 5.75. The van der Waals surface area contributed by atoms with Crippen molar-refractivity contribution in [3.8, 4) is 11.6 Å². The first kappa shape index (κ1) is 29.5. The minimum Gasteiger partial charge on any atom is -0.478 e. The predicted molar refractivity (Wildman–Crippen MR) is 160 cm³/mol. The molecule has 2 saturated heterocycles. The van der Waals surface area contributed by atoms with Gasteiger partial charge in [-0.15, -0.1) is 0 Å². The molecule has 5 rings (SSSR count). The van der Waals surface area contributed by atoms with Gasteiger partial charge in [-0.05, 0) is 69.0 Å². The first-order valence-corrected chi connectivity index (χ1v) is 14.5. The number of hydrogen-bond acceptors (Lipinski definition) is 6. The molecule has 3 aromatic rings. The lowest BCUT2D eigenvalue weighted by atomic mass is 9.98. The highest BCUT2D eigenvalue weighted by Crippen LogP contribution is 2.38. The number of urea groups is 1. The summed E-state index contributed by atoms with van der Waals surface area (Å²) in [6.07, 6.45) is 1.82. The molecule has 2 fully saturated rings. The van der Waals surface area contributed by atoms with Gasteiger partial charge in [0.1, 0.15) is 5.75 Å². The number of likely N-dealkylation sites (tertiary alicyclic amines) is 1. The Morgan fingerprint density at radius 3 is 2.33 bits per heavy atom. The van der Waals surface area contributed by atoms with Gasteiger partial charge in [0.15, 0.2) is 0 Å². The van der Waals surface area contributed by atoms with Crippen molar-refractivity contribution in [2.75, 3.05) is 33.4 Å². The Labute approximate surface area is 247 Å². The summed E-state index contributed by atoms with van der Waals surface area (Å²) < 4.78 is 11.3. The molecular weight excluding hydrogens is 532 g/mol. The summed E-state index contributed by atoms with van der Waals surface area (Å²) >= 11 is 0. The van der Waals surface area contributed by atoms with Gasteiger partial charge in [0, 0.05) is 51.1 Å². The van der Waals surface area contributed by atoms with Crippen LogP contribution in [0, 0.1) is 6.92 Å². The zero-order valence-electron chi connectivity index (χ0n) is 24.8. The van der Waals surface area contributed by atoms with E-state index in [0.717, 1.165) is 43.7 Å². The molecule has 2 aliphatic rings. The summed E-state index contributed by atoms with van der Waals surface area (Å²) in [5.41, 5.74) is 3.02. The van der Waals surface area contributed by atoms with E-state index >= 15 is 0 Å². The van der Waals surface area contributed by atoms with Crippen molar-refractivity contribution >= 4 is 12.0 Å².